The first-order valence-corrected chi connectivity index (χ1v) is 6.61. The van der Waals surface area contributed by atoms with E-state index in [1.54, 1.807) is 12.3 Å². The number of pyridine rings is 1. The van der Waals surface area contributed by atoms with Gasteiger partial charge in [-0.3, -0.25) is 9.78 Å². The summed E-state index contributed by atoms with van der Waals surface area (Å²) in [5, 5.41) is 3.26. The van der Waals surface area contributed by atoms with Crippen LogP contribution in [0.1, 0.15) is 21.6 Å². The van der Waals surface area contributed by atoms with Gasteiger partial charge >= 0.3 is 0 Å². The molecule has 0 spiro atoms. The first kappa shape index (κ1) is 13.5. The summed E-state index contributed by atoms with van der Waals surface area (Å²) < 4.78 is 0.947. The predicted octanol–water partition coefficient (Wildman–Crippen LogP) is 2.86. The smallest absolute Gasteiger partial charge is 0.249 e. The van der Waals surface area contributed by atoms with Crippen LogP contribution in [0.3, 0.4) is 0 Å². The monoisotopic (exact) mass is 319 g/mol. The molecular weight excluding hydrogens is 306 g/mol. The summed E-state index contributed by atoms with van der Waals surface area (Å²) in [5.41, 5.74) is 8.53. The number of nitrogens with zero attached hydrogens (tertiary/aromatic N) is 1. The lowest BCUT2D eigenvalue weighted by molar-refractivity contribution is 0.1000. The summed E-state index contributed by atoms with van der Waals surface area (Å²) >= 11 is 3.34. The second-order valence-electron chi connectivity index (χ2n) is 4.16. The van der Waals surface area contributed by atoms with Gasteiger partial charge in [0.2, 0.25) is 5.91 Å². The SMILES string of the molecule is Cc1c(NCc2ccc(Br)cn2)cccc1C(N)=O. The lowest BCUT2D eigenvalue weighted by Gasteiger charge is -2.11. The highest BCUT2D eigenvalue weighted by Gasteiger charge is 2.08. The van der Waals surface area contributed by atoms with E-state index >= 15 is 0 Å². The van der Waals surface area contributed by atoms with Crippen LogP contribution in [0.25, 0.3) is 0 Å². The molecule has 98 valence electrons. The fourth-order valence-corrected chi connectivity index (χ4v) is 2.03. The average Bonchev–Trinajstić information content (AvgIpc) is 2.39. The first-order valence-electron chi connectivity index (χ1n) is 5.81. The summed E-state index contributed by atoms with van der Waals surface area (Å²) in [6.07, 6.45) is 1.75. The van der Waals surface area contributed by atoms with Gasteiger partial charge in [0.15, 0.2) is 0 Å². The number of anilines is 1. The number of nitrogens with one attached hydrogen (secondary N) is 1. The van der Waals surface area contributed by atoms with Crippen LogP contribution in [0.2, 0.25) is 0 Å². The Bertz CT molecular complexity index is 596. The highest BCUT2D eigenvalue weighted by molar-refractivity contribution is 9.10. The van der Waals surface area contributed by atoms with E-state index in [4.69, 9.17) is 5.73 Å². The summed E-state index contributed by atoms with van der Waals surface area (Å²) in [7, 11) is 0. The number of aromatic nitrogens is 1. The molecule has 1 amide bonds. The Labute approximate surface area is 120 Å². The third-order valence-corrected chi connectivity index (χ3v) is 3.32. The Hall–Kier alpha value is -1.88. The highest BCUT2D eigenvalue weighted by Crippen LogP contribution is 2.19. The van der Waals surface area contributed by atoms with Crippen LogP contribution in [0.4, 0.5) is 5.69 Å². The van der Waals surface area contributed by atoms with Crippen LogP contribution < -0.4 is 11.1 Å². The predicted molar refractivity (Wildman–Crippen MR) is 79.0 cm³/mol. The van der Waals surface area contributed by atoms with Crippen molar-refractivity contribution in [3.8, 4) is 0 Å². The summed E-state index contributed by atoms with van der Waals surface area (Å²) in [6, 6.07) is 9.33. The van der Waals surface area contributed by atoms with Crippen LogP contribution in [0.5, 0.6) is 0 Å². The van der Waals surface area contributed by atoms with Crippen molar-refractivity contribution in [1.82, 2.24) is 4.98 Å². The Morgan fingerprint density at radius 1 is 1.37 bits per heavy atom. The molecule has 0 atom stereocenters. The van der Waals surface area contributed by atoms with Crippen molar-refractivity contribution in [3.05, 3.63) is 57.8 Å². The standard InChI is InChI=1S/C14H14BrN3O/c1-9-12(14(16)19)3-2-4-13(9)18-8-11-6-5-10(15)7-17-11/h2-7,18H,8H2,1H3,(H2,16,19). The van der Waals surface area contributed by atoms with Gasteiger partial charge in [0.05, 0.1) is 12.2 Å². The molecule has 3 N–H and O–H groups in total. The summed E-state index contributed by atoms with van der Waals surface area (Å²) in [6.45, 7) is 2.47. The summed E-state index contributed by atoms with van der Waals surface area (Å²) in [5.74, 6) is -0.414. The van der Waals surface area contributed by atoms with Gasteiger partial charge in [-0.25, -0.2) is 0 Å². The average molecular weight is 320 g/mol. The van der Waals surface area contributed by atoms with Gasteiger partial charge in [0, 0.05) is 21.9 Å². The molecule has 1 heterocycles. The molecular formula is C14H14BrN3O. The number of carbonyl (C=O) groups excluding carboxylic acids is 1. The van der Waals surface area contributed by atoms with E-state index in [0.29, 0.717) is 12.1 Å². The van der Waals surface area contributed by atoms with E-state index in [-0.39, 0.29) is 0 Å². The molecule has 19 heavy (non-hydrogen) atoms. The van der Waals surface area contributed by atoms with Crippen molar-refractivity contribution in [1.29, 1.82) is 0 Å². The number of amides is 1. The van der Waals surface area contributed by atoms with Gasteiger partial charge in [-0.1, -0.05) is 6.07 Å². The van der Waals surface area contributed by atoms with Gasteiger partial charge < -0.3 is 11.1 Å². The van der Waals surface area contributed by atoms with Gasteiger partial charge in [-0.2, -0.15) is 0 Å². The van der Waals surface area contributed by atoms with E-state index in [0.717, 1.165) is 21.4 Å². The number of benzene rings is 1. The van der Waals surface area contributed by atoms with Crippen molar-refractivity contribution < 1.29 is 4.79 Å². The van der Waals surface area contributed by atoms with Crippen molar-refractivity contribution in [2.45, 2.75) is 13.5 Å². The molecule has 0 unspecified atom stereocenters. The van der Waals surface area contributed by atoms with E-state index < -0.39 is 5.91 Å². The molecule has 2 rings (SSSR count). The minimum absolute atomic E-state index is 0.414. The van der Waals surface area contributed by atoms with Crippen molar-refractivity contribution in [2.24, 2.45) is 5.73 Å². The van der Waals surface area contributed by atoms with Gasteiger partial charge in [0.25, 0.3) is 0 Å². The Morgan fingerprint density at radius 2 is 2.16 bits per heavy atom. The number of carbonyl (C=O) groups is 1. The highest BCUT2D eigenvalue weighted by atomic mass is 79.9. The summed E-state index contributed by atoms with van der Waals surface area (Å²) in [4.78, 5) is 15.5. The number of rotatable bonds is 4. The van der Waals surface area contributed by atoms with Crippen molar-refractivity contribution in [2.75, 3.05) is 5.32 Å². The van der Waals surface area contributed by atoms with Crippen molar-refractivity contribution in [3.63, 3.8) is 0 Å². The molecule has 0 fully saturated rings. The number of halogens is 1. The van der Waals surface area contributed by atoms with Gasteiger partial charge in [-0.05, 0) is 52.7 Å². The van der Waals surface area contributed by atoms with Crippen LogP contribution in [-0.2, 0) is 6.54 Å². The third-order valence-electron chi connectivity index (χ3n) is 2.85. The molecule has 0 radical (unpaired) electrons. The van der Waals surface area contributed by atoms with E-state index in [2.05, 4.69) is 26.2 Å². The second kappa shape index (κ2) is 5.84. The maximum atomic E-state index is 11.3. The Balaban J connectivity index is 2.13. The van der Waals surface area contributed by atoms with E-state index in [1.165, 1.54) is 0 Å². The molecule has 4 nitrogen and oxygen atoms in total. The largest absolute Gasteiger partial charge is 0.379 e. The third kappa shape index (κ3) is 3.32. The minimum atomic E-state index is -0.414. The fourth-order valence-electron chi connectivity index (χ4n) is 1.79. The molecule has 0 aliphatic heterocycles. The zero-order valence-electron chi connectivity index (χ0n) is 10.5. The topological polar surface area (TPSA) is 68.0 Å². The molecule has 0 aliphatic rings. The van der Waals surface area contributed by atoms with Crippen LogP contribution >= 0.6 is 15.9 Å². The molecule has 1 aromatic carbocycles. The zero-order valence-corrected chi connectivity index (χ0v) is 12.1. The van der Waals surface area contributed by atoms with Gasteiger partial charge in [0.1, 0.15) is 0 Å². The molecule has 0 saturated carbocycles. The molecule has 1 aromatic heterocycles. The van der Waals surface area contributed by atoms with E-state index in [9.17, 15) is 4.79 Å². The maximum absolute atomic E-state index is 11.3. The molecule has 0 aliphatic carbocycles. The number of primary amides is 1. The normalized spacial score (nSPS) is 10.2. The zero-order chi connectivity index (χ0) is 13.8. The van der Waals surface area contributed by atoms with E-state index in [1.807, 2.05) is 31.2 Å². The fraction of sp³-hybridized carbons (Fsp3) is 0.143. The number of hydrogen-bond donors (Lipinski definition) is 2. The van der Waals surface area contributed by atoms with Crippen molar-refractivity contribution >= 4 is 27.5 Å². The van der Waals surface area contributed by atoms with Crippen LogP contribution in [0, 0.1) is 6.92 Å². The number of hydrogen-bond acceptors (Lipinski definition) is 3. The Morgan fingerprint density at radius 3 is 2.79 bits per heavy atom. The quantitative estimate of drug-likeness (QED) is 0.910. The first-order chi connectivity index (χ1) is 9.08. The molecule has 5 heteroatoms. The van der Waals surface area contributed by atoms with Gasteiger partial charge in [-0.15, -0.1) is 0 Å². The molecule has 0 saturated heterocycles. The lowest BCUT2D eigenvalue weighted by Crippen LogP contribution is -2.14. The minimum Gasteiger partial charge on any atom is -0.379 e. The van der Waals surface area contributed by atoms with Crippen LogP contribution in [0.15, 0.2) is 41.0 Å². The lowest BCUT2D eigenvalue weighted by atomic mass is 10.1. The number of nitrogens with two attached hydrogens (primary N) is 1. The Kier molecular flexibility index (Phi) is 4.16. The molecule has 0 bridgehead atoms. The molecule has 2 aromatic rings. The second-order valence-corrected chi connectivity index (χ2v) is 5.08. The maximum Gasteiger partial charge on any atom is 0.249 e. The van der Waals surface area contributed by atoms with Crippen LogP contribution in [-0.4, -0.2) is 10.9 Å².